The van der Waals surface area contributed by atoms with E-state index in [-0.39, 0.29) is 17.6 Å². The van der Waals surface area contributed by atoms with Gasteiger partial charge in [0.2, 0.25) is 0 Å². The van der Waals surface area contributed by atoms with Crippen LogP contribution in [0.25, 0.3) is 0 Å². The van der Waals surface area contributed by atoms with Gasteiger partial charge in [-0.2, -0.15) is 5.10 Å². The first-order valence-electron chi connectivity index (χ1n) is 8.21. The monoisotopic (exact) mass is 331 g/mol. The molecular formula is C18H22FN3O2. The fourth-order valence-electron chi connectivity index (χ4n) is 3.13. The molecule has 0 N–H and O–H groups in total. The normalized spacial score (nSPS) is 17.8. The Morgan fingerprint density at radius 1 is 1.42 bits per heavy atom. The van der Waals surface area contributed by atoms with Crippen molar-refractivity contribution in [1.29, 1.82) is 0 Å². The van der Waals surface area contributed by atoms with E-state index in [0.29, 0.717) is 24.6 Å². The molecule has 1 atom stereocenters. The van der Waals surface area contributed by atoms with E-state index in [1.165, 1.54) is 12.1 Å². The molecule has 1 aromatic heterocycles. The van der Waals surface area contributed by atoms with Crippen molar-refractivity contribution in [2.75, 3.05) is 19.7 Å². The number of likely N-dealkylation sites (tertiary alicyclic amines) is 1. The second-order valence-electron chi connectivity index (χ2n) is 6.32. The summed E-state index contributed by atoms with van der Waals surface area (Å²) in [6, 6.07) is 7.96. The van der Waals surface area contributed by atoms with E-state index in [9.17, 15) is 9.18 Å². The maximum atomic E-state index is 13.2. The molecule has 1 fully saturated rings. The summed E-state index contributed by atoms with van der Waals surface area (Å²) in [5.41, 5.74) is 1.45. The van der Waals surface area contributed by atoms with Crippen LogP contribution < -0.4 is 4.74 Å². The number of amides is 1. The largest absolute Gasteiger partial charge is 0.493 e. The third kappa shape index (κ3) is 3.75. The van der Waals surface area contributed by atoms with Crippen LogP contribution in [-0.4, -0.2) is 40.3 Å². The van der Waals surface area contributed by atoms with Crippen molar-refractivity contribution in [2.45, 2.75) is 19.8 Å². The molecule has 1 saturated heterocycles. The average molecular weight is 331 g/mol. The van der Waals surface area contributed by atoms with Crippen molar-refractivity contribution < 1.29 is 13.9 Å². The molecule has 0 spiro atoms. The van der Waals surface area contributed by atoms with Crippen LogP contribution in [0.15, 0.2) is 30.3 Å². The zero-order valence-corrected chi connectivity index (χ0v) is 14.0. The Labute approximate surface area is 141 Å². The molecule has 1 amide bonds. The minimum atomic E-state index is -0.306. The number of rotatable bonds is 4. The smallest absolute Gasteiger partial charge is 0.272 e. The molecule has 1 aliphatic heterocycles. The van der Waals surface area contributed by atoms with E-state index in [2.05, 4.69) is 5.10 Å². The van der Waals surface area contributed by atoms with Crippen molar-refractivity contribution >= 4 is 5.91 Å². The number of halogens is 1. The molecule has 3 rings (SSSR count). The summed E-state index contributed by atoms with van der Waals surface area (Å²) in [6.45, 7) is 3.76. The highest BCUT2D eigenvalue weighted by molar-refractivity contribution is 5.92. The first-order chi connectivity index (χ1) is 11.5. The van der Waals surface area contributed by atoms with Gasteiger partial charge >= 0.3 is 0 Å². The highest BCUT2D eigenvalue weighted by Gasteiger charge is 2.26. The Morgan fingerprint density at radius 3 is 2.96 bits per heavy atom. The lowest BCUT2D eigenvalue weighted by Gasteiger charge is -2.32. The molecule has 24 heavy (non-hydrogen) atoms. The number of carbonyl (C=O) groups excluding carboxylic acids is 1. The molecule has 0 saturated carbocycles. The predicted octanol–water partition coefficient (Wildman–Crippen LogP) is 2.80. The lowest BCUT2D eigenvalue weighted by Crippen LogP contribution is -2.42. The second-order valence-corrected chi connectivity index (χ2v) is 6.32. The van der Waals surface area contributed by atoms with Crippen molar-refractivity contribution in [2.24, 2.45) is 13.0 Å². The van der Waals surface area contributed by atoms with E-state index in [1.54, 1.807) is 23.9 Å². The van der Waals surface area contributed by atoms with Crippen LogP contribution in [0.4, 0.5) is 4.39 Å². The van der Waals surface area contributed by atoms with E-state index < -0.39 is 0 Å². The van der Waals surface area contributed by atoms with Crippen LogP contribution in [0.5, 0.6) is 5.75 Å². The van der Waals surface area contributed by atoms with Gasteiger partial charge in [0.15, 0.2) is 0 Å². The van der Waals surface area contributed by atoms with Gasteiger partial charge in [-0.25, -0.2) is 4.39 Å². The first kappa shape index (κ1) is 16.5. The molecule has 2 aromatic rings. The van der Waals surface area contributed by atoms with E-state index in [1.807, 2.05) is 17.9 Å². The van der Waals surface area contributed by atoms with Gasteiger partial charge in [-0.3, -0.25) is 9.48 Å². The van der Waals surface area contributed by atoms with Gasteiger partial charge in [0.05, 0.1) is 12.3 Å². The summed E-state index contributed by atoms with van der Waals surface area (Å²) < 4.78 is 20.5. The van der Waals surface area contributed by atoms with Crippen LogP contribution in [0.2, 0.25) is 0 Å². The summed E-state index contributed by atoms with van der Waals surface area (Å²) in [7, 11) is 1.79. The number of piperidine rings is 1. The number of aromatic nitrogens is 2. The molecule has 128 valence electrons. The second kappa shape index (κ2) is 7.03. The number of hydrogen-bond acceptors (Lipinski definition) is 3. The molecule has 0 unspecified atom stereocenters. The van der Waals surface area contributed by atoms with E-state index >= 15 is 0 Å². The number of nitrogens with zero attached hydrogens (tertiary/aromatic N) is 3. The number of benzene rings is 1. The summed E-state index contributed by atoms with van der Waals surface area (Å²) >= 11 is 0. The van der Waals surface area contributed by atoms with Gasteiger partial charge in [-0.1, -0.05) is 6.07 Å². The number of carbonyl (C=O) groups is 1. The maximum absolute atomic E-state index is 13.2. The van der Waals surface area contributed by atoms with E-state index in [0.717, 1.165) is 25.1 Å². The topological polar surface area (TPSA) is 47.4 Å². The summed E-state index contributed by atoms with van der Waals surface area (Å²) in [5.74, 6) is 0.481. The Morgan fingerprint density at radius 2 is 2.25 bits per heavy atom. The van der Waals surface area contributed by atoms with Crippen molar-refractivity contribution in [3.8, 4) is 5.75 Å². The molecule has 1 aromatic carbocycles. The summed E-state index contributed by atoms with van der Waals surface area (Å²) in [5, 5.41) is 4.24. The number of hydrogen-bond donors (Lipinski definition) is 0. The quantitative estimate of drug-likeness (QED) is 0.865. The predicted molar refractivity (Wildman–Crippen MR) is 88.5 cm³/mol. The van der Waals surface area contributed by atoms with Crippen LogP contribution in [-0.2, 0) is 7.05 Å². The minimum Gasteiger partial charge on any atom is -0.493 e. The van der Waals surface area contributed by atoms with Crippen LogP contribution in [0.1, 0.15) is 29.0 Å². The third-order valence-corrected chi connectivity index (χ3v) is 4.31. The van der Waals surface area contributed by atoms with Gasteiger partial charge in [-0.05, 0) is 38.0 Å². The SMILES string of the molecule is Cc1cc(C(=O)N2CCC[C@@H](COc3cccc(F)c3)C2)n(C)n1. The van der Waals surface area contributed by atoms with Gasteiger partial charge in [0, 0.05) is 32.1 Å². The maximum Gasteiger partial charge on any atom is 0.272 e. The highest BCUT2D eigenvalue weighted by atomic mass is 19.1. The molecule has 0 radical (unpaired) electrons. The number of ether oxygens (including phenoxy) is 1. The van der Waals surface area contributed by atoms with Crippen LogP contribution in [0.3, 0.4) is 0 Å². The zero-order valence-electron chi connectivity index (χ0n) is 14.0. The summed E-state index contributed by atoms with van der Waals surface area (Å²) in [4.78, 5) is 14.5. The molecule has 1 aliphatic rings. The molecule has 0 aliphatic carbocycles. The fourth-order valence-corrected chi connectivity index (χ4v) is 3.13. The van der Waals surface area contributed by atoms with Gasteiger partial charge < -0.3 is 9.64 Å². The average Bonchev–Trinajstić information content (AvgIpc) is 2.91. The van der Waals surface area contributed by atoms with Crippen molar-refractivity contribution in [3.05, 3.63) is 47.5 Å². The Balaban J connectivity index is 1.60. The third-order valence-electron chi connectivity index (χ3n) is 4.31. The molecule has 6 heteroatoms. The van der Waals surface area contributed by atoms with Gasteiger partial charge in [-0.15, -0.1) is 0 Å². The van der Waals surface area contributed by atoms with Crippen molar-refractivity contribution in [1.82, 2.24) is 14.7 Å². The van der Waals surface area contributed by atoms with Gasteiger partial charge in [0.1, 0.15) is 17.3 Å². The Bertz CT molecular complexity index is 729. The fraction of sp³-hybridized carbons (Fsp3) is 0.444. The standard InChI is InChI=1S/C18H22FN3O2/c1-13-9-17(21(2)20-13)18(23)22-8-4-5-14(11-22)12-24-16-7-3-6-15(19)10-16/h3,6-7,9-10,14H,4-5,8,11-12H2,1-2H3/t14-/m1/s1. The van der Waals surface area contributed by atoms with Crippen LogP contribution in [0, 0.1) is 18.7 Å². The Kier molecular flexibility index (Phi) is 4.83. The summed E-state index contributed by atoms with van der Waals surface area (Å²) in [6.07, 6.45) is 1.95. The minimum absolute atomic E-state index is 0.00792. The van der Waals surface area contributed by atoms with E-state index in [4.69, 9.17) is 4.74 Å². The van der Waals surface area contributed by atoms with Gasteiger partial charge in [0.25, 0.3) is 5.91 Å². The lowest BCUT2D eigenvalue weighted by atomic mass is 9.98. The molecule has 0 bridgehead atoms. The number of aryl methyl sites for hydroxylation is 2. The lowest BCUT2D eigenvalue weighted by molar-refractivity contribution is 0.0622. The first-order valence-corrected chi connectivity index (χ1v) is 8.21. The molecule has 5 nitrogen and oxygen atoms in total. The van der Waals surface area contributed by atoms with Crippen molar-refractivity contribution in [3.63, 3.8) is 0 Å². The molecule has 2 heterocycles. The zero-order chi connectivity index (χ0) is 17.1. The Hall–Kier alpha value is -2.37. The molecular weight excluding hydrogens is 309 g/mol. The van der Waals surface area contributed by atoms with Crippen LogP contribution >= 0.6 is 0 Å². The highest BCUT2D eigenvalue weighted by Crippen LogP contribution is 2.21.